The quantitative estimate of drug-likeness (QED) is 0.822. The summed E-state index contributed by atoms with van der Waals surface area (Å²) in [5, 5.41) is 1.85. The fourth-order valence-corrected chi connectivity index (χ4v) is 3.20. The Hall–Kier alpha value is -1.05. The molecule has 0 saturated carbocycles. The molecule has 1 aromatic carbocycles. The Labute approximate surface area is 132 Å². The van der Waals surface area contributed by atoms with E-state index in [0.717, 1.165) is 15.4 Å². The molecule has 114 valence electrons. The van der Waals surface area contributed by atoms with Crippen molar-refractivity contribution in [1.29, 1.82) is 0 Å². The third kappa shape index (κ3) is 4.21. The molecule has 0 fully saturated rings. The summed E-state index contributed by atoms with van der Waals surface area (Å²) < 4.78 is 45.5. The number of benzene rings is 1. The minimum absolute atomic E-state index is 0.0948. The lowest BCUT2D eigenvalue weighted by atomic mass is 10.1. The molecule has 0 atom stereocenters. The van der Waals surface area contributed by atoms with E-state index in [9.17, 15) is 13.2 Å². The molecule has 0 aliphatic rings. The molecule has 1 aromatic heterocycles. The first-order valence-corrected chi connectivity index (χ1v) is 7.84. The molecular formula is C14H13BrF3NOS. The third-order valence-electron chi connectivity index (χ3n) is 2.83. The normalized spacial score (nSPS) is 11.7. The predicted molar refractivity (Wildman–Crippen MR) is 80.6 cm³/mol. The number of rotatable bonds is 5. The van der Waals surface area contributed by atoms with E-state index >= 15 is 0 Å². The maximum Gasteiger partial charge on any atom is 0.419 e. The zero-order valence-corrected chi connectivity index (χ0v) is 13.3. The second-order valence-electron chi connectivity index (χ2n) is 4.35. The zero-order valence-electron chi connectivity index (χ0n) is 10.9. The SMILES string of the molecule is NCCc1ccc(OCc2sccc2Br)c(C(F)(F)F)c1. The van der Waals surface area contributed by atoms with Gasteiger partial charge in [-0.2, -0.15) is 13.2 Å². The molecule has 0 aliphatic carbocycles. The van der Waals surface area contributed by atoms with Crippen molar-refractivity contribution in [2.24, 2.45) is 5.73 Å². The molecule has 1 heterocycles. The van der Waals surface area contributed by atoms with Gasteiger partial charge in [-0.05, 0) is 58.0 Å². The predicted octanol–water partition coefficient (Wildman–Crippen LogP) is 4.61. The van der Waals surface area contributed by atoms with Crippen LogP contribution in [0.5, 0.6) is 5.75 Å². The Kier molecular flexibility index (Phi) is 5.29. The lowest BCUT2D eigenvalue weighted by Gasteiger charge is -2.15. The van der Waals surface area contributed by atoms with Gasteiger partial charge in [0.25, 0.3) is 0 Å². The maximum atomic E-state index is 13.1. The Balaban J connectivity index is 2.23. The van der Waals surface area contributed by atoms with Crippen molar-refractivity contribution in [1.82, 2.24) is 0 Å². The summed E-state index contributed by atoms with van der Waals surface area (Å²) >= 11 is 4.75. The molecule has 0 amide bonds. The van der Waals surface area contributed by atoms with Crippen molar-refractivity contribution in [3.63, 3.8) is 0 Å². The van der Waals surface area contributed by atoms with Crippen LogP contribution in [0.15, 0.2) is 34.1 Å². The Morgan fingerprint density at radius 1 is 1.24 bits per heavy atom. The van der Waals surface area contributed by atoms with E-state index in [0.29, 0.717) is 18.5 Å². The smallest absolute Gasteiger partial charge is 0.419 e. The van der Waals surface area contributed by atoms with E-state index in [1.165, 1.54) is 17.4 Å². The Bertz CT molecular complexity index is 613. The third-order valence-corrected chi connectivity index (χ3v) is 4.73. The van der Waals surface area contributed by atoms with E-state index in [2.05, 4.69) is 15.9 Å². The van der Waals surface area contributed by atoms with Crippen LogP contribution in [-0.4, -0.2) is 6.54 Å². The molecule has 0 aliphatic heterocycles. The average Bonchev–Trinajstić information content (AvgIpc) is 2.82. The van der Waals surface area contributed by atoms with E-state index in [1.54, 1.807) is 6.07 Å². The molecule has 0 unspecified atom stereocenters. The largest absolute Gasteiger partial charge is 0.487 e. The van der Waals surface area contributed by atoms with Crippen LogP contribution in [0.3, 0.4) is 0 Å². The highest BCUT2D eigenvalue weighted by Crippen LogP contribution is 2.37. The minimum atomic E-state index is -4.45. The molecule has 2 aromatic rings. The number of halogens is 4. The van der Waals surface area contributed by atoms with Gasteiger partial charge in [-0.3, -0.25) is 0 Å². The molecule has 2 N–H and O–H groups in total. The van der Waals surface area contributed by atoms with Crippen LogP contribution in [0.2, 0.25) is 0 Å². The molecule has 2 rings (SSSR count). The van der Waals surface area contributed by atoms with Crippen LogP contribution in [-0.2, 0) is 19.2 Å². The van der Waals surface area contributed by atoms with Gasteiger partial charge in [0, 0.05) is 4.47 Å². The molecule has 0 saturated heterocycles. The summed E-state index contributed by atoms with van der Waals surface area (Å²) in [5.41, 5.74) is 5.17. The van der Waals surface area contributed by atoms with Crippen LogP contribution >= 0.6 is 27.3 Å². The summed E-state index contributed by atoms with van der Waals surface area (Å²) in [5.74, 6) is -0.163. The molecule has 21 heavy (non-hydrogen) atoms. The van der Waals surface area contributed by atoms with Crippen LogP contribution in [0.4, 0.5) is 13.2 Å². The first kappa shape index (κ1) is 16.3. The number of nitrogens with two attached hydrogens (primary N) is 1. The van der Waals surface area contributed by atoms with Crippen LogP contribution in [0, 0.1) is 0 Å². The zero-order chi connectivity index (χ0) is 15.5. The van der Waals surface area contributed by atoms with Gasteiger partial charge in [0.05, 0.1) is 10.4 Å². The lowest BCUT2D eigenvalue weighted by molar-refractivity contribution is -0.139. The van der Waals surface area contributed by atoms with Crippen LogP contribution < -0.4 is 10.5 Å². The highest BCUT2D eigenvalue weighted by atomic mass is 79.9. The van der Waals surface area contributed by atoms with Gasteiger partial charge in [-0.1, -0.05) is 6.07 Å². The molecular weight excluding hydrogens is 367 g/mol. The number of ether oxygens (including phenoxy) is 1. The topological polar surface area (TPSA) is 35.2 Å². The monoisotopic (exact) mass is 379 g/mol. The fourth-order valence-electron chi connectivity index (χ4n) is 1.82. The molecule has 7 heteroatoms. The number of hydrogen-bond donors (Lipinski definition) is 1. The van der Waals surface area contributed by atoms with Gasteiger partial charge >= 0.3 is 6.18 Å². The average molecular weight is 380 g/mol. The first-order chi connectivity index (χ1) is 9.91. The second kappa shape index (κ2) is 6.81. The number of hydrogen-bond acceptors (Lipinski definition) is 3. The van der Waals surface area contributed by atoms with E-state index < -0.39 is 11.7 Å². The van der Waals surface area contributed by atoms with Crippen molar-refractivity contribution < 1.29 is 17.9 Å². The van der Waals surface area contributed by atoms with Crippen molar-refractivity contribution in [3.8, 4) is 5.75 Å². The van der Waals surface area contributed by atoms with Gasteiger partial charge in [0.2, 0.25) is 0 Å². The van der Waals surface area contributed by atoms with Gasteiger partial charge in [0.1, 0.15) is 12.4 Å². The van der Waals surface area contributed by atoms with Gasteiger partial charge in [-0.15, -0.1) is 11.3 Å². The Morgan fingerprint density at radius 2 is 2.00 bits per heavy atom. The first-order valence-electron chi connectivity index (χ1n) is 6.16. The van der Waals surface area contributed by atoms with Gasteiger partial charge < -0.3 is 10.5 Å². The summed E-state index contributed by atoms with van der Waals surface area (Å²) in [4.78, 5) is 0.842. The number of alkyl halides is 3. The van der Waals surface area contributed by atoms with E-state index in [-0.39, 0.29) is 12.4 Å². The van der Waals surface area contributed by atoms with Crippen molar-refractivity contribution in [3.05, 3.63) is 50.1 Å². The minimum Gasteiger partial charge on any atom is -0.487 e. The molecule has 2 nitrogen and oxygen atoms in total. The molecule has 0 spiro atoms. The van der Waals surface area contributed by atoms with Crippen LogP contribution in [0.25, 0.3) is 0 Å². The lowest BCUT2D eigenvalue weighted by Crippen LogP contribution is -2.10. The molecule has 0 radical (unpaired) electrons. The van der Waals surface area contributed by atoms with E-state index in [1.807, 2.05) is 11.4 Å². The summed E-state index contributed by atoms with van der Waals surface area (Å²) in [6.07, 6.45) is -4.05. The fraction of sp³-hybridized carbons (Fsp3) is 0.286. The summed E-state index contributed by atoms with van der Waals surface area (Å²) in [6.45, 7) is 0.400. The van der Waals surface area contributed by atoms with Crippen molar-refractivity contribution >= 4 is 27.3 Å². The summed E-state index contributed by atoms with van der Waals surface area (Å²) in [6, 6.07) is 5.90. The number of thiophene rings is 1. The van der Waals surface area contributed by atoms with Gasteiger partial charge in [-0.25, -0.2) is 0 Å². The highest BCUT2D eigenvalue weighted by Gasteiger charge is 2.34. The van der Waals surface area contributed by atoms with Gasteiger partial charge in [0.15, 0.2) is 0 Å². The standard InChI is InChI=1S/C14H13BrF3NOS/c15-11-4-6-21-13(11)8-20-12-2-1-9(3-5-19)7-10(12)14(16,17)18/h1-2,4,6-7H,3,5,8,19H2. The summed E-state index contributed by atoms with van der Waals surface area (Å²) in [7, 11) is 0. The van der Waals surface area contributed by atoms with E-state index in [4.69, 9.17) is 10.5 Å². The molecule has 0 bridgehead atoms. The Morgan fingerprint density at radius 3 is 2.57 bits per heavy atom. The highest BCUT2D eigenvalue weighted by molar-refractivity contribution is 9.10. The second-order valence-corrected chi connectivity index (χ2v) is 6.20. The van der Waals surface area contributed by atoms with Crippen molar-refractivity contribution in [2.75, 3.05) is 6.54 Å². The van der Waals surface area contributed by atoms with Crippen molar-refractivity contribution in [2.45, 2.75) is 19.2 Å². The van der Waals surface area contributed by atoms with Crippen LogP contribution in [0.1, 0.15) is 16.0 Å². The maximum absolute atomic E-state index is 13.1.